The fourth-order valence-corrected chi connectivity index (χ4v) is 2.12. The van der Waals surface area contributed by atoms with Gasteiger partial charge in [0.2, 0.25) is 5.91 Å². The van der Waals surface area contributed by atoms with Crippen molar-refractivity contribution in [3.8, 4) is 11.5 Å². The molecule has 0 heterocycles. The predicted octanol–water partition coefficient (Wildman–Crippen LogP) is 0.326. The van der Waals surface area contributed by atoms with E-state index in [2.05, 4.69) is 10.9 Å². The summed E-state index contributed by atoms with van der Waals surface area (Å²) in [4.78, 5) is 24.4. The maximum atomic E-state index is 11.7. The predicted molar refractivity (Wildman–Crippen MR) is 101 cm³/mol. The van der Waals surface area contributed by atoms with Gasteiger partial charge >= 0.3 is 0 Å². The van der Waals surface area contributed by atoms with Crippen molar-refractivity contribution in [2.75, 3.05) is 27.2 Å². The van der Waals surface area contributed by atoms with Crippen molar-refractivity contribution >= 4 is 11.8 Å². The molecule has 0 atom stereocenters. The summed E-state index contributed by atoms with van der Waals surface area (Å²) in [5.74, 6) is 0.597. The number of ether oxygens (including phenoxy) is 2. The van der Waals surface area contributed by atoms with Gasteiger partial charge in [0.15, 0.2) is 6.61 Å². The van der Waals surface area contributed by atoms with Gasteiger partial charge in [-0.2, -0.15) is 0 Å². The number of rotatable bonds is 9. The molecule has 0 spiro atoms. The van der Waals surface area contributed by atoms with Crippen molar-refractivity contribution in [1.82, 2.24) is 10.9 Å². The van der Waals surface area contributed by atoms with Crippen LogP contribution in [0.3, 0.4) is 0 Å². The smallest absolute Gasteiger partial charge is 0.276 e. The number of amides is 2. The zero-order valence-corrected chi connectivity index (χ0v) is 15.7. The summed E-state index contributed by atoms with van der Waals surface area (Å²) in [5, 5.41) is 0. The summed E-state index contributed by atoms with van der Waals surface area (Å²) >= 11 is 0. The van der Waals surface area contributed by atoms with Gasteiger partial charge in [0.05, 0.1) is 27.1 Å². The molecule has 2 aromatic carbocycles. The van der Waals surface area contributed by atoms with Crippen molar-refractivity contribution in [3.05, 3.63) is 60.2 Å². The second-order valence-electron chi connectivity index (χ2n) is 6.34. The molecule has 0 saturated heterocycles. The van der Waals surface area contributed by atoms with E-state index in [1.807, 2.05) is 44.4 Å². The van der Waals surface area contributed by atoms with Crippen molar-refractivity contribution < 1.29 is 24.0 Å². The van der Waals surface area contributed by atoms with Gasteiger partial charge in [0.25, 0.3) is 5.91 Å². The second-order valence-corrected chi connectivity index (χ2v) is 6.34. The Morgan fingerprint density at radius 2 is 1.44 bits per heavy atom. The minimum Gasteiger partial charge on any atom is -0.489 e. The lowest BCUT2D eigenvalue weighted by Gasteiger charge is -2.10. The van der Waals surface area contributed by atoms with Gasteiger partial charge < -0.3 is 14.4 Å². The van der Waals surface area contributed by atoms with Crippen molar-refractivity contribution in [2.24, 2.45) is 0 Å². The number of hydrazine groups is 1. The van der Waals surface area contributed by atoms with Gasteiger partial charge in [-0.15, -0.1) is 0 Å². The van der Waals surface area contributed by atoms with E-state index in [1.165, 1.54) is 0 Å². The molecule has 7 heteroatoms. The van der Waals surface area contributed by atoms with Crippen LogP contribution in [0.25, 0.3) is 0 Å². The van der Waals surface area contributed by atoms with Crippen molar-refractivity contribution in [3.63, 3.8) is 0 Å². The quantitative estimate of drug-likeness (QED) is 0.554. The summed E-state index contributed by atoms with van der Waals surface area (Å²) in [6, 6.07) is 16.9. The molecule has 0 radical (unpaired) electrons. The molecular formula is C20H26N3O4+. The zero-order chi connectivity index (χ0) is 19.5. The third-order valence-electron chi connectivity index (χ3n) is 3.64. The summed E-state index contributed by atoms with van der Waals surface area (Å²) < 4.78 is 11.1. The Morgan fingerprint density at radius 1 is 0.852 bits per heavy atom. The van der Waals surface area contributed by atoms with E-state index in [0.717, 1.165) is 10.5 Å². The molecule has 0 aliphatic carbocycles. The van der Waals surface area contributed by atoms with E-state index < -0.39 is 5.91 Å². The van der Waals surface area contributed by atoms with Crippen LogP contribution in [-0.4, -0.2) is 39.1 Å². The molecule has 0 aliphatic heterocycles. The Labute approximate surface area is 159 Å². The van der Waals surface area contributed by atoms with E-state index in [-0.39, 0.29) is 12.5 Å². The first-order chi connectivity index (χ1) is 13.0. The lowest BCUT2D eigenvalue weighted by atomic mass is 10.2. The van der Waals surface area contributed by atoms with Crippen LogP contribution in [0.2, 0.25) is 0 Å². The summed E-state index contributed by atoms with van der Waals surface area (Å²) in [7, 11) is 3.91. The largest absolute Gasteiger partial charge is 0.489 e. The number of benzene rings is 2. The molecule has 27 heavy (non-hydrogen) atoms. The molecule has 0 aromatic heterocycles. The van der Waals surface area contributed by atoms with Crippen LogP contribution in [0.4, 0.5) is 0 Å². The molecule has 7 nitrogen and oxygen atoms in total. The highest BCUT2D eigenvalue weighted by Crippen LogP contribution is 2.18. The molecular weight excluding hydrogens is 346 g/mol. The molecule has 0 saturated carbocycles. The van der Waals surface area contributed by atoms with Gasteiger partial charge in [-0.05, 0) is 29.8 Å². The minimum absolute atomic E-state index is 0.191. The first kappa shape index (κ1) is 20.3. The molecule has 144 valence electrons. The number of nitrogens with one attached hydrogen (secondary N) is 3. The molecule has 2 amide bonds. The fraction of sp³-hybridized carbons (Fsp3) is 0.300. The number of hydrogen-bond acceptors (Lipinski definition) is 4. The molecule has 0 unspecified atom stereocenters. The van der Waals surface area contributed by atoms with Crippen LogP contribution < -0.4 is 25.2 Å². The maximum Gasteiger partial charge on any atom is 0.276 e. The number of quaternary nitrogens is 1. The molecule has 2 rings (SSSR count). The second kappa shape index (κ2) is 10.8. The Morgan fingerprint density at radius 3 is 2.07 bits per heavy atom. The van der Waals surface area contributed by atoms with Gasteiger partial charge in [0.1, 0.15) is 18.1 Å². The van der Waals surface area contributed by atoms with Crippen LogP contribution >= 0.6 is 0 Å². The van der Waals surface area contributed by atoms with E-state index >= 15 is 0 Å². The van der Waals surface area contributed by atoms with Crippen molar-refractivity contribution in [2.45, 2.75) is 13.0 Å². The first-order valence-corrected chi connectivity index (χ1v) is 8.79. The zero-order valence-electron chi connectivity index (χ0n) is 15.7. The standard InChI is InChI=1S/C20H25N3O4/c1-23(2)13-12-19(24)21-22-20(25)15-27-18-10-8-17(9-11-18)26-14-16-6-4-3-5-7-16/h3-11H,12-15H2,1-2H3,(H,21,24)(H,22,25)/p+1. The van der Waals surface area contributed by atoms with E-state index in [0.29, 0.717) is 31.1 Å². The Balaban J connectivity index is 1.67. The van der Waals surface area contributed by atoms with Crippen molar-refractivity contribution in [1.29, 1.82) is 0 Å². The monoisotopic (exact) mass is 372 g/mol. The first-order valence-electron chi connectivity index (χ1n) is 8.79. The molecule has 3 N–H and O–H groups in total. The van der Waals surface area contributed by atoms with Gasteiger partial charge in [-0.3, -0.25) is 20.4 Å². The highest BCUT2D eigenvalue weighted by Gasteiger charge is 2.07. The van der Waals surface area contributed by atoms with E-state index in [1.54, 1.807) is 24.3 Å². The average molecular weight is 372 g/mol. The molecule has 0 bridgehead atoms. The minimum atomic E-state index is -0.426. The van der Waals surface area contributed by atoms with Crippen LogP contribution in [0.15, 0.2) is 54.6 Å². The van der Waals surface area contributed by atoms with Crippen LogP contribution in [-0.2, 0) is 16.2 Å². The normalized spacial score (nSPS) is 10.3. The molecule has 2 aromatic rings. The lowest BCUT2D eigenvalue weighted by molar-refractivity contribution is -0.857. The molecule has 0 fully saturated rings. The summed E-state index contributed by atoms with van der Waals surface area (Å²) in [6.07, 6.45) is 0.341. The van der Waals surface area contributed by atoms with Gasteiger partial charge in [0, 0.05) is 0 Å². The summed E-state index contributed by atoms with van der Waals surface area (Å²) in [6.45, 7) is 0.985. The lowest BCUT2D eigenvalue weighted by Crippen LogP contribution is -3.05. The van der Waals surface area contributed by atoms with Crippen LogP contribution in [0.1, 0.15) is 12.0 Å². The van der Waals surface area contributed by atoms with E-state index in [9.17, 15) is 9.59 Å². The molecule has 0 aliphatic rings. The number of carbonyl (C=O) groups excluding carboxylic acids is 2. The number of carbonyl (C=O) groups is 2. The number of hydrogen-bond donors (Lipinski definition) is 3. The highest BCUT2D eigenvalue weighted by atomic mass is 16.5. The maximum absolute atomic E-state index is 11.7. The average Bonchev–Trinajstić information content (AvgIpc) is 2.69. The topological polar surface area (TPSA) is 81.1 Å². The SMILES string of the molecule is C[NH+](C)CCC(=O)NNC(=O)COc1ccc(OCc2ccccc2)cc1. The fourth-order valence-electron chi connectivity index (χ4n) is 2.12. The Kier molecular flexibility index (Phi) is 8.12. The Hall–Kier alpha value is -3.06. The third-order valence-corrected chi connectivity index (χ3v) is 3.64. The van der Waals surface area contributed by atoms with E-state index in [4.69, 9.17) is 9.47 Å². The van der Waals surface area contributed by atoms with Crippen LogP contribution in [0.5, 0.6) is 11.5 Å². The summed E-state index contributed by atoms with van der Waals surface area (Å²) in [5.41, 5.74) is 5.78. The third kappa shape index (κ3) is 8.24. The highest BCUT2D eigenvalue weighted by molar-refractivity contribution is 5.82. The Bertz CT molecular complexity index is 718. The van der Waals surface area contributed by atoms with Crippen LogP contribution in [0, 0.1) is 0 Å². The van der Waals surface area contributed by atoms with Gasteiger partial charge in [-0.25, -0.2) is 0 Å². The van der Waals surface area contributed by atoms with Gasteiger partial charge in [-0.1, -0.05) is 30.3 Å².